The Hall–Kier alpha value is -1.92. The summed E-state index contributed by atoms with van der Waals surface area (Å²) < 4.78 is 27.5. The Bertz CT molecular complexity index is 687. The number of rotatable bonds is 6. The fraction of sp³-hybridized carbons (Fsp3) is 0.267. The molecule has 0 bridgehead atoms. The molecule has 0 fully saturated rings. The molecule has 0 saturated heterocycles. The summed E-state index contributed by atoms with van der Waals surface area (Å²) in [5.74, 6) is 0. The van der Waals surface area contributed by atoms with Crippen molar-refractivity contribution in [3.8, 4) is 0 Å². The zero-order valence-corrected chi connectivity index (χ0v) is 12.9. The largest absolute Gasteiger partial charge is 0.387 e. The fourth-order valence-electron chi connectivity index (χ4n) is 2.14. The summed E-state index contributed by atoms with van der Waals surface area (Å²) in [6, 6.07) is 11.2. The van der Waals surface area contributed by atoms with Gasteiger partial charge >= 0.3 is 0 Å². The van der Waals surface area contributed by atoms with Crippen LogP contribution in [-0.2, 0) is 16.4 Å². The first-order valence-corrected chi connectivity index (χ1v) is 8.19. The van der Waals surface area contributed by atoms with Crippen molar-refractivity contribution in [2.45, 2.75) is 24.3 Å². The van der Waals surface area contributed by atoms with Crippen LogP contribution in [0.4, 0.5) is 5.69 Å². The minimum atomic E-state index is -3.60. The van der Waals surface area contributed by atoms with Gasteiger partial charge in [-0.25, -0.2) is 13.1 Å². The van der Waals surface area contributed by atoms with Gasteiger partial charge in [0, 0.05) is 25.5 Å². The van der Waals surface area contributed by atoms with Crippen LogP contribution in [0.3, 0.4) is 0 Å². The van der Waals surface area contributed by atoms with Crippen molar-refractivity contribution in [2.24, 2.45) is 0 Å². The minimum absolute atomic E-state index is 0.160. The van der Waals surface area contributed by atoms with E-state index in [1.165, 1.54) is 6.20 Å². The lowest BCUT2D eigenvalue weighted by Crippen LogP contribution is -2.34. The molecule has 2 aromatic rings. The summed E-state index contributed by atoms with van der Waals surface area (Å²) in [7, 11) is -1.92. The second-order valence-electron chi connectivity index (χ2n) is 4.83. The van der Waals surface area contributed by atoms with E-state index in [0.717, 1.165) is 5.56 Å². The van der Waals surface area contributed by atoms with Gasteiger partial charge in [-0.3, -0.25) is 4.98 Å². The van der Waals surface area contributed by atoms with E-state index in [1.807, 2.05) is 37.3 Å². The zero-order valence-electron chi connectivity index (χ0n) is 12.1. The van der Waals surface area contributed by atoms with Crippen LogP contribution in [-0.4, -0.2) is 26.5 Å². The average Bonchev–Trinajstić information content (AvgIpc) is 2.47. The standard InChI is InChI=1S/C15H19N3O2S/c1-12(10-13-6-4-3-5-7-13)18-21(19,20)15-11-17-9-8-14(15)16-2/h3-9,11-12,18H,10H2,1-2H3,(H,16,17). The molecule has 1 aromatic heterocycles. The number of benzene rings is 1. The van der Waals surface area contributed by atoms with Crippen molar-refractivity contribution in [2.75, 3.05) is 12.4 Å². The van der Waals surface area contributed by atoms with Gasteiger partial charge in [0.25, 0.3) is 0 Å². The SMILES string of the molecule is CNc1ccncc1S(=O)(=O)NC(C)Cc1ccccc1. The lowest BCUT2D eigenvalue weighted by Gasteiger charge is -2.16. The third-order valence-corrected chi connectivity index (χ3v) is 4.70. The molecule has 21 heavy (non-hydrogen) atoms. The van der Waals surface area contributed by atoms with E-state index < -0.39 is 10.0 Å². The zero-order chi connectivity index (χ0) is 15.3. The van der Waals surface area contributed by atoms with E-state index in [2.05, 4.69) is 15.0 Å². The Labute approximate surface area is 125 Å². The number of hydrogen-bond acceptors (Lipinski definition) is 4. The Morgan fingerprint density at radius 3 is 2.57 bits per heavy atom. The van der Waals surface area contributed by atoms with E-state index in [4.69, 9.17) is 0 Å². The first-order chi connectivity index (χ1) is 10.0. The molecule has 1 aromatic carbocycles. The average molecular weight is 305 g/mol. The lowest BCUT2D eigenvalue weighted by molar-refractivity contribution is 0.559. The van der Waals surface area contributed by atoms with Crippen molar-refractivity contribution in [1.82, 2.24) is 9.71 Å². The number of nitrogens with zero attached hydrogens (tertiary/aromatic N) is 1. The Kier molecular flexibility index (Phi) is 4.93. The second kappa shape index (κ2) is 6.69. The molecular formula is C15H19N3O2S. The maximum atomic E-state index is 12.4. The van der Waals surface area contributed by atoms with E-state index >= 15 is 0 Å². The molecule has 2 N–H and O–H groups in total. The number of sulfonamides is 1. The molecule has 6 heteroatoms. The first-order valence-electron chi connectivity index (χ1n) is 6.71. The molecule has 1 unspecified atom stereocenters. The van der Waals surface area contributed by atoms with Gasteiger partial charge in [0.2, 0.25) is 10.0 Å². The smallest absolute Gasteiger partial charge is 0.244 e. The summed E-state index contributed by atoms with van der Waals surface area (Å²) >= 11 is 0. The van der Waals surface area contributed by atoms with E-state index in [1.54, 1.807) is 19.3 Å². The Morgan fingerprint density at radius 2 is 1.90 bits per heavy atom. The Balaban J connectivity index is 2.14. The quantitative estimate of drug-likeness (QED) is 0.856. The molecule has 112 valence electrons. The highest BCUT2D eigenvalue weighted by molar-refractivity contribution is 7.89. The van der Waals surface area contributed by atoms with Crippen LogP contribution in [0.15, 0.2) is 53.7 Å². The summed E-state index contributed by atoms with van der Waals surface area (Å²) in [4.78, 5) is 4.05. The summed E-state index contributed by atoms with van der Waals surface area (Å²) in [6.45, 7) is 1.85. The summed E-state index contributed by atoms with van der Waals surface area (Å²) in [5, 5.41) is 2.87. The molecule has 2 rings (SSSR count). The molecule has 0 aliphatic rings. The van der Waals surface area contributed by atoms with Crippen LogP contribution in [0.2, 0.25) is 0 Å². The molecule has 0 saturated carbocycles. The second-order valence-corrected chi connectivity index (χ2v) is 6.52. The highest BCUT2D eigenvalue weighted by Gasteiger charge is 2.20. The molecular weight excluding hydrogens is 286 g/mol. The fourth-order valence-corrected chi connectivity index (χ4v) is 3.54. The summed E-state index contributed by atoms with van der Waals surface area (Å²) in [5.41, 5.74) is 1.62. The van der Waals surface area contributed by atoms with Gasteiger partial charge in [-0.2, -0.15) is 0 Å². The van der Waals surface area contributed by atoms with Crippen LogP contribution < -0.4 is 10.0 Å². The van der Waals surface area contributed by atoms with Crippen LogP contribution in [0.5, 0.6) is 0 Å². The molecule has 5 nitrogen and oxygen atoms in total. The van der Waals surface area contributed by atoms with Crippen LogP contribution in [0, 0.1) is 0 Å². The highest BCUT2D eigenvalue weighted by atomic mass is 32.2. The van der Waals surface area contributed by atoms with Gasteiger partial charge < -0.3 is 5.32 Å². The maximum Gasteiger partial charge on any atom is 0.244 e. The molecule has 1 heterocycles. The third-order valence-electron chi connectivity index (χ3n) is 3.08. The van der Waals surface area contributed by atoms with E-state index in [-0.39, 0.29) is 10.9 Å². The number of nitrogens with one attached hydrogen (secondary N) is 2. The van der Waals surface area contributed by atoms with Gasteiger partial charge in [0.15, 0.2) is 0 Å². The molecule has 0 aliphatic heterocycles. The van der Waals surface area contributed by atoms with Crippen molar-refractivity contribution in [1.29, 1.82) is 0 Å². The first kappa shape index (κ1) is 15.5. The van der Waals surface area contributed by atoms with Crippen LogP contribution >= 0.6 is 0 Å². The summed E-state index contributed by atoms with van der Waals surface area (Å²) in [6.07, 6.45) is 3.54. The van der Waals surface area contributed by atoms with Gasteiger partial charge in [0.05, 0.1) is 5.69 Å². The molecule has 1 atom stereocenters. The van der Waals surface area contributed by atoms with E-state index in [9.17, 15) is 8.42 Å². The normalized spacial score (nSPS) is 12.9. The molecule has 0 radical (unpaired) electrons. The van der Waals surface area contributed by atoms with Crippen LogP contribution in [0.25, 0.3) is 0 Å². The van der Waals surface area contributed by atoms with Gasteiger partial charge in [-0.1, -0.05) is 30.3 Å². The number of aromatic nitrogens is 1. The predicted molar refractivity (Wildman–Crippen MR) is 83.7 cm³/mol. The van der Waals surface area contributed by atoms with Gasteiger partial charge in [0.1, 0.15) is 4.90 Å². The number of anilines is 1. The van der Waals surface area contributed by atoms with Crippen molar-refractivity contribution in [3.63, 3.8) is 0 Å². The lowest BCUT2D eigenvalue weighted by atomic mass is 10.1. The molecule has 0 spiro atoms. The number of pyridine rings is 1. The monoisotopic (exact) mass is 305 g/mol. The van der Waals surface area contributed by atoms with Gasteiger partial charge in [-0.05, 0) is 25.0 Å². The maximum absolute atomic E-state index is 12.4. The van der Waals surface area contributed by atoms with Crippen molar-refractivity contribution in [3.05, 3.63) is 54.4 Å². The predicted octanol–water partition coefficient (Wildman–Crippen LogP) is 2.03. The number of hydrogen-bond donors (Lipinski definition) is 2. The van der Waals surface area contributed by atoms with E-state index in [0.29, 0.717) is 12.1 Å². The minimum Gasteiger partial charge on any atom is -0.387 e. The third kappa shape index (κ3) is 4.03. The highest BCUT2D eigenvalue weighted by Crippen LogP contribution is 2.19. The molecule has 0 amide bonds. The molecule has 0 aliphatic carbocycles. The van der Waals surface area contributed by atoms with Crippen molar-refractivity contribution >= 4 is 15.7 Å². The van der Waals surface area contributed by atoms with Gasteiger partial charge in [-0.15, -0.1) is 0 Å². The van der Waals surface area contributed by atoms with Crippen molar-refractivity contribution < 1.29 is 8.42 Å². The van der Waals surface area contributed by atoms with Crippen LogP contribution in [0.1, 0.15) is 12.5 Å². The Morgan fingerprint density at radius 1 is 1.19 bits per heavy atom. The topological polar surface area (TPSA) is 71.1 Å².